The molecule has 0 aromatic carbocycles. The number of carbonyl (C=O) groups excluding carboxylic acids is 1. The summed E-state index contributed by atoms with van der Waals surface area (Å²) in [4.78, 5) is 13.3. The van der Waals surface area contributed by atoms with Gasteiger partial charge in [0, 0.05) is 25.6 Å². The second kappa shape index (κ2) is 4.61. The smallest absolute Gasteiger partial charge is 0.222 e. The Morgan fingerprint density at radius 3 is 2.85 bits per heavy atom. The Morgan fingerprint density at radius 1 is 1.69 bits per heavy atom. The van der Waals surface area contributed by atoms with Crippen molar-refractivity contribution in [3.8, 4) is 0 Å². The van der Waals surface area contributed by atoms with Gasteiger partial charge < -0.3 is 10.6 Å². The molecule has 2 unspecified atom stereocenters. The van der Waals surface area contributed by atoms with Crippen LogP contribution in [0.5, 0.6) is 0 Å². The van der Waals surface area contributed by atoms with Crippen molar-refractivity contribution in [2.75, 3.05) is 13.1 Å². The zero-order valence-corrected chi connectivity index (χ0v) is 8.62. The zero-order valence-electron chi connectivity index (χ0n) is 8.62. The van der Waals surface area contributed by atoms with E-state index < -0.39 is 0 Å². The summed E-state index contributed by atoms with van der Waals surface area (Å²) in [6.45, 7) is 5.88. The van der Waals surface area contributed by atoms with Crippen molar-refractivity contribution in [2.24, 2.45) is 11.7 Å². The standard InChI is InChI=1S/C10H20N2O/c1-3-4-9(11)7-12-6-8(2)5-10(12)13/h8-9H,3-7,11H2,1-2H3. The van der Waals surface area contributed by atoms with E-state index in [1.807, 2.05) is 4.90 Å². The highest BCUT2D eigenvalue weighted by Gasteiger charge is 2.26. The van der Waals surface area contributed by atoms with Gasteiger partial charge in [-0.3, -0.25) is 4.79 Å². The van der Waals surface area contributed by atoms with E-state index in [0.29, 0.717) is 12.3 Å². The lowest BCUT2D eigenvalue weighted by molar-refractivity contribution is -0.127. The fraction of sp³-hybridized carbons (Fsp3) is 0.900. The minimum atomic E-state index is 0.166. The van der Waals surface area contributed by atoms with Crippen LogP contribution in [0.15, 0.2) is 0 Å². The van der Waals surface area contributed by atoms with Crippen molar-refractivity contribution in [1.29, 1.82) is 0 Å². The van der Waals surface area contributed by atoms with Crippen molar-refractivity contribution in [3.63, 3.8) is 0 Å². The van der Waals surface area contributed by atoms with Gasteiger partial charge in [0.1, 0.15) is 0 Å². The summed E-state index contributed by atoms with van der Waals surface area (Å²) in [6, 6.07) is 0.166. The zero-order chi connectivity index (χ0) is 9.84. The monoisotopic (exact) mass is 184 g/mol. The van der Waals surface area contributed by atoms with Crippen LogP contribution in [0.3, 0.4) is 0 Å². The summed E-state index contributed by atoms with van der Waals surface area (Å²) >= 11 is 0. The molecule has 1 aliphatic heterocycles. The molecule has 1 fully saturated rings. The van der Waals surface area contributed by atoms with Crippen molar-refractivity contribution in [1.82, 2.24) is 4.90 Å². The van der Waals surface area contributed by atoms with Crippen LogP contribution in [0.4, 0.5) is 0 Å². The summed E-state index contributed by atoms with van der Waals surface area (Å²) in [6.07, 6.45) is 2.82. The molecule has 0 aliphatic carbocycles. The molecule has 13 heavy (non-hydrogen) atoms. The summed E-state index contributed by atoms with van der Waals surface area (Å²) in [5.74, 6) is 0.792. The third kappa shape index (κ3) is 2.99. The molecule has 3 nitrogen and oxygen atoms in total. The average Bonchev–Trinajstić information content (AvgIpc) is 2.30. The molecule has 0 spiro atoms. The lowest BCUT2D eigenvalue weighted by atomic mass is 10.1. The molecule has 1 amide bonds. The molecule has 0 aromatic heterocycles. The largest absolute Gasteiger partial charge is 0.341 e. The number of nitrogens with two attached hydrogens (primary N) is 1. The molecular formula is C10H20N2O. The van der Waals surface area contributed by atoms with E-state index in [2.05, 4.69) is 13.8 Å². The lowest BCUT2D eigenvalue weighted by Crippen LogP contribution is -2.38. The van der Waals surface area contributed by atoms with Crippen LogP contribution in [-0.2, 0) is 4.79 Å². The first kappa shape index (κ1) is 10.5. The first-order valence-corrected chi connectivity index (χ1v) is 5.16. The molecule has 0 aromatic rings. The second-order valence-electron chi connectivity index (χ2n) is 4.16. The van der Waals surface area contributed by atoms with Gasteiger partial charge in [-0.05, 0) is 12.3 Å². The quantitative estimate of drug-likeness (QED) is 0.708. The predicted molar refractivity (Wildman–Crippen MR) is 53.2 cm³/mol. The molecule has 0 bridgehead atoms. The Bertz CT molecular complexity index is 182. The molecule has 1 aliphatic rings. The summed E-state index contributed by atoms with van der Waals surface area (Å²) in [5, 5.41) is 0. The highest BCUT2D eigenvalue weighted by molar-refractivity contribution is 5.78. The van der Waals surface area contributed by atoms with Crippen LogP contribution in [0.25, 0.3) is 0 Å². The first-order chi connectivity index (χ1) is 6.13. The Morgan fingerprint density at radius 2 is 2.38 bits per heavy atom. The number of likely N-dealkylation sites (tertiary alicyclic amines) is 1. The maximum absolute atomic E-state index is 11.4. The van der Waals surface area contributed by atoms with Crippen molar-refractivity contribution >= 4 is 5.91 Å². The molecule has 1 saturated heterocycles. The van der Waals surface area contributed by atoms with Gasteiger partial charge in [-0.15, -0.1) is 0 Å². The number of amides is 1. The number of rotatable bonds is 4. The highest BCUT2D eigenvalue weighted by Crippen LogP contribution is 2.16. The van der Waals surface area contributed by atoms with E-state index in [1.54, 1.807) is 0 Å². The molecule has 1 heterocycles. The van der Waals surface area contributed by atoms with E-state index in [-0.39, 0.29) is 11.9 Å². The van der Waals surface area contributed by atoms with E-state index in [1.165, 1.54) is 0 Å². The van der Waals surface area contributed by atoms with Crippen molar-refractivity contribution < 1.29 is 4.79 Å². The van der Waals surface area contributed by atoms with E-state index in [4.69, 9.17) is 5.73 Å². The molecular weight excluding hydrogens is 164 g/mol. The fourth-order valence-corrected chi connectivity index (χ4v) is 1.89. The fourth-order valence-electron chi connectivity index (χ4n) is 1.89. The van der Waals surface area contributed by atoms with Gasteiger partial charge >= 0.3 is 0 Å². The Balaban J connectivity index is 2.32. The van der Waals surface area contributed by atoms with Gasteiger partial charge in [-0.1, -0.05) is 20.3 Å². The van der Waals surface area contributed by atoms with Gasteiger partial charge in [0.25, 0.3) is 0 Å². The number of nitrogens with zero attached hydrogens (tertiary/aromatic N) is 1. The number of hydrogen-bond acceptors (Lipinski definition) is 2. The van der Waals surface area contributed by atoms with E-state index in [9.17, 15) is 4.79 Å². The van der Waals surface area contributed by atoms with E-state index >= 15 is 0 Å². The first-order valence-electron chi connectivity index (χ1n) is 5.16. The molecule has 2 atom stereocenters. The SMILES string of the molecule is CCCC(N)CN1CC(C)CC1=O. The summed E-state index contributed by atoms with van der Waals surface area (Å²) in [5.41, 5.74) is 5.88. The van der Waals surface area contributed by atoms with Gasteiger partial charge in [-0.25, -0.2) is 0 Å². The van der Waals surface area contributed by atoms with Crippen molar-refractivity contribution in [3.05, 3.63) is 0 Å². The average molecular weight is 184 g/mol. The molecule has 3 heteroatoms. The normalized spacial score (nSPS) is 25.3. The lowest BCUT2D eigenvalue weighted by Gasteiger charge is -2.20. The molecule has 0 radical (unpaired) electrons. The Labute approximate surface area is 80.3 Å². The third-order valence-electron chi connectivity index (χ3n) is 2.52. The van der Waals surface area contributed by atoms with Gasteiger partial charge in [0.05, 0.1) is 0 Å². The topological polar surface area (TPSA) is 46.3 Å². The van der Waals surface area contributed by atoms with Crippen LogP contribution < -0.4 is 5.73 Å². The van der Waals surface area contributed by atoms with Gasteiger partial charge in [-0.2, -0.15) is 0 Å². The van der Waals surface area contributed by atoms with Gasteiger partial charge in [0.2, 0.25) is 5.91 Å². The predicted octanol–water partition coefficient (Wildman–Crippen LogP) is 0.982. The van der Waals surface area contributed by atoms with Gasteiger partial charge in [0.15, 0.2) is 0 Å². The third-order valence-corrected chi connectivity index (χ3v) is 2.52. The number of carbonyl (C=O) groups is 1. The summed E-state index contributed by atoms with van der Waals surface area (Å²) < 4.78 is 0. The number of hydrogen-bond donors (Lipinski definition) is 1. The van der Waals surface area contributed by atoms with Crippen LogP contribution >= 0.6 is 0 Å². The molecule has 1 rings (SSSR count). The van der Waals surface area contributed by atoms with Crippen LogP contribution in [-0.4, -0.2) is 29.9 Å². The Hall–Kier alpha value is -0.570. The van der Waals surface area contributed by atoms with Crippen LogP contribution in [0.1, 0.15) is 33.1 Å². The maximum Gasteiger partial charge on any atom is 0.222 e. The highest BCUT2D eigenvalue weighted by atomic mass is 16.2. The second-order valence-corrected chi connectivity index (χ2v) is 4.16. The molecule has 0 saturated carbocycles. The molecule has 2 N–H and O–H groups in total. The van der Waals surface area contributed by atoms with Crippen LogP contribution in [0, 0.1) is 5.92 Å². The van der Waals surface area contributed by atoms with Crippen LogP contribution in [0.2, 0.25) is 0 Å². The summed E-state index contributed by atoms with van der Waals surface area (Å²) in [7, 11) is 0. The minimum absolute atomic E-state index is 0.166. The van der Waals surface area contributed by atoms with Crippen molar-refractivity contribution in [2.45, 2.75) is 39.2 Å². The van der Waals surface area contributed by atoms with E-state index in [0.717, 1.165) is 25.9 Å². The molecule has 76 valence electrons. The Kier molecular flexibility index (Phi) is 3.72. The minimum Gasteiger partial charge on any atom is -0.341 e. The maximum atomic E-state index is 11.4.